The number of aliphatic hydroxyl groups excluding tert-OH is 1. The molecule has 1 unspecified atom stereocenters. The fraction of sp³-hybridized carbons (Fsp3) is 0.375. The molecule has 23 heavy (non-hydrogen) atoms. The fourth-order valence-electron chi connectivity index (χ4n) is 2.65. The van der Waals surface area contributed by atoms with E-state index in [4.69, 9.17) is 9.47 Å². The SMILES string of the molecule is COC(CN1C(=O)C(O)=C(C(C)=O)C1c1cccc(O)c1)OC. The maximum Gasteiger partial charge on any atom is 0.290 e. The van der Waals surface area contributed by atoms with Crippen molar-refractivity contribution in [1.29, 1.82) is 0 Å². The van der Waals surface area contributed by atoms with Gasteiger partial charge in [0.1, 0.15) is 5.75 Å². The first kappa shape index (κ1) is 17.0. The van der Waals surface area contributed by atoms with Gasteiger partial charge in [0, 0.05) is 14.2 Å². The molecule has 2 rings (SSSR count). The summed E-state index contributed by atoms with van der Waals surface area (Å²) >= 11 is 0. The van der Waals surface area contributed by atoms with E-state index in [0.717, 1.165) is 0 Å². The molecule has 7 nitrogen and oxygen atoms in total. The second kappa shape index (κ2) is 6.80. The summed E-state index contributed by atoms with van der Waals surface area (Å²) in [6, 6.07) is 5.39. The minimum Gasteiger partial charge on any atom is -0.508 e. The summed E-state index contributed by atoms with van der Waals surface area (Å²) in [5.74, 6) is -1.68. The lowest BCUT2D eigenvalue weighted by Crippen LogP contribution is -2.38. The van der Waals surface area contributed by atoms with E-state index in [-0.39, 0.29) is 17.9 Å². The molecule has 1 aliphatic heterocycles. The molecule has 1 atom stereocenters. The highest BCUT2D eigenvalue weighted by atomic mass is 16.7. The third-order valence-corrected chi connectivity index (χ3v) is 3.74. The number of Topliss-reactive ketones (excluding diaryl/α,β-unsaturated/α-hetero) is 1. The molecule has 0 fully saturated rings. The highest BCUT2D eigenvalue weighted by molar-refractivity contribution is 6.08. The predicted molar refractivity (Wildman–Crippen MR) is 80.7 cm³/mol. The van der Waals surface area contributed by atoms with E-state index in [9.17, 15) is 19.8 Å². The second-order valence-corrected chi connectivity index (χ2v) is 5.17. The maximum absolute atomic E-state index is 12.3. The van der Waals surface area contributed by atoms with Crippen molar-refractivity contribution in [2.45, 2.75) is 19.3 Å². The largest absolute Gasteiger partial charge is 0.508 e. The Kier molecular flexibility index (Phi) is 5.02. The summed E-state index contributed by atoms with van der Waals surface area (Å²) in [7, 11) is 2.86. The number of amides is 1. The number of phenolic OH excluding ortho intramolecular Hbond substituents is 1. The molecule has 0 saturated heterocycles. The summed E-state index contributed by atoms with van der Waals surface area (Å²) in [6.45, 7) is 1.30. The third-order valence-electron chi connectivity index (χ3n) is 3.74. The van der Waals surface area contributed by atoms with E-state index in [1.807, 2.05) is 0 Å². The minimum atomic E-state index is -0.806. The molecule has 0 spiro atoms. The number of hydrogen-bond donors (Lipinski definition) is 2. The van der Waals surface area contributed by atoms with Crippen LogP contribution in [-0.4, -0.2) is 53.9 Å². The van der Waals surface area contributed by atoms with Gasteiger partial charge in [-0.25, -0.2) is 0 Å². The van der Waals surface area contributed by atoms with Crippen LogP contribution in [0.4, 0.5) is 0 Å². The van der Waals surface area contributed by atoms with Gasteiger partial charge in [0.05, 0.1) is 18.2 Å². The van der Waals surface area contributed by atoms with Gasteiger partial charge in [-0.1, -0.05) is 12.1 Å². The van der Waals surface area contributed by atoms with Crippen LogP contribution in [0.5, 0.6) is 5.75 Å². The van der Waals surface area contributed by atoms with Crippen LogP contribution in [0.1, 0.15) is 18.5 Å². The van der Waals surface area contributed by atoms with Gasteiger partial charge < -0.3 is 24.6 Å². The third kappa shape index (κ3) is 3.20. The van der Waals surface area contributed by atoms with Crippen molar-refractivity contribution in [2.75, 3.05) is 20.8 Å². The number of aliphatic hydroxyl groups is 1. The molecule has 1 aliphatic rings. The van der Waals surface area contributed by atoms with Gasteiger partial charge in [-0.2, -0.15) is 0 Å². The Morgan fingerprint density at radius 3 is 2.48 bits per heavy atom. The lowest BCUT2D eigenvalue weighted by molar-refractivity contribution is -0.144. The number of aromatic hydroxyl groups is 1. The Balaban J connectivity index is 2.49. The van der Waals surface area contributed by atoms with Crippen molar-refractivity contribution in [3.63, 3.8) is 0 Å². The Labute approximate surface area is 133 Å². The van der Waals surface area contributed by atoms with Crippen LogP contribution in [0.3, 0.4) is 0 Å². The second-order valence-electron chi connectivity index (χ2n) is 5.17. The Bertz CT molecular complexity index is 650. The van der Waals surface area contributed by atoms with Crippen molar-refractivity contribution in [3.8, 4) is 5.75 Å². The maximum atomic E-state index is 12.3. The summed E-state index contributed by atoms with van der Waals surface area (Å²) < 4.78 is 10.2. The molecule has 0 saturated carbocycles. The molecule has 0 radical (unpaired) electrons. The molecule has 1 heterocycles. The number of methoxy groups -OCH3 is 2. The normalized spacial score (nSPS) is 18.2. The number of carbonyl (C=O) groups excluding carboxylic acids is 2. The van der Waals surface area contributed by atoms with Gasteiger partial charge in [-0.05, 0) is 24.6 Å². The van der Waals surface area contributed by atoms with Crippen LogP contribution in [0.15, 0.2) is 35.6 Å². The van der Waals surface area contributed by atoms with E-state index in [2.05, 4.69) is 0 Å². The summed E-state index contributed by atoms with van der Waals surface area (Å²) in [4.78, 5) is 25.6. The van der Waals surface area contributed by atoms with E-state index in [1.54, 1.807) is 12.1 Å². The number of nitrogens with zero attached hydrogens (tertiary/aromatic N) is 1. The highest BCUT2D eigenvalue weighted by Crippen LogP contribution is 2.38. The van der Waals surface area contributed by atoms with Gasteiger partial charge in [0.2, 0.25) is 0 Å². The number of hydrogen-bond acceptors (Lipinski definition) is 6. The first-order valence-electron chi connectivity index (χ1n) is 7.00. The number of carbonyl (C=O) groups is 2. The molecule has 1 aromatic carbocycles. The van der Waals surface area contributed by atoms with Crippen LogP contribution in [0.2, 0.25) is 0 Å². The Hall–Kier alpha value is -2.38. The van der Waals surface area contributed by atoms with Crippen molar-refractivity contribution in [3.05, 3.63) is 41.2 Å². The lowest BCUT2D eigenvalue weighted by atomic mass is 9.96. The van der Waals surface area contributed by atoms with Gasteiger partial charge in [0.15, 0.2) is 17.8 Å². The van der Waals surface area contributed by atoms with Crippen molar-refractivity contribution < 1.29 is 29.3 Å². The summed E-state index contributed by atoms with van der Waals surface area (Å²) in [5.41, 5.74) is 0.505. The molecule has 0 aliphatic carbocycles. The molecule has 1 aromatic rings. The highest BCUT2D eigenvalue weighted by Gasteiger charge is 2.43. The average molecular weight is 321 g/mol. The first-order valence-corrected chi connectivity index (χ1v) is 7.00. The Morgan fingerprint density at radius 2 is 1.96 bits per heavy atom. The van der Waals surface area contributed by atoms with E-state index >= 15 is 0 Å². The summed E-state index contributed by atoms with van der Waals surface area (Å²) in [5, 5.41) is 19.8. The molecule has 0 aromatic heterocycles. The van der Waals surface area contributed by atoms with E-state index in [0.29, 0.717) is 5.56 Å². The molecular weight excluding hydrogens is 302 g/mol. The van der Waals surface area contributed by atoms with Crippen LogP contribution in [-0.2, 0) is 19.1 Å². The number of ether oxygens (including phenoxy) is 2. The molecule has 0 bridgehead atoms. The monoisotopic (exact) mass is 321 g/mol. The van der Waals surface area contributed by atoms with Gasteiger partial charge in [-0.15, -0.1) is 0 Å². The minimum absolute atomic E-state index is 0.000719. The molecule has 1 amide bonds. The van der Waals surface area contributed by atoms with Crippen molar-refractivity contribution >= 4 is 11.7 Å². The van der Waals surface area contributed by atoms with Gasteiger partial charge in [-0.3, -0.25) is 9.59 Å². The lowest BCUT2D eigenvalue weighted by Gasteiger charge is -2.29. The number of rotatable bonds is 6. The fourth-order valence-corrected chi connectivity index (χ4v) is 2.65. The summed E-state index contributed by atoms with van der Waals surface area (Å²) in [6.07, 6.45) is -0.710. The Morgan fingerprint density at radius 1 is 1.30 bits per heavy atom. The quantitative estimate of drug-likeness (QED) is 0.767. The van der Waals surface area contributed by atoms with Crippen molar-refractivity contribution in [2.24, 2.45) is 0 Å². The average Bonchev–Trinajstić information content (AvgIpc) is 2.77. The first-order chi connectivity index (χ1) is 10.9. The van der Waals surface area contributed by atoms with Crippen molar-refractivity contribution in [1.82, 2.24) is 4.90 Å². The van der Waals surface area contributed by atoms with Crippen LogP contribution in [0.25, 0.3) is 0 Å². The van der Waals surface area contributed by atoms with E-state index in [1.165, 1.54) is 38.2 Å². The standard InChI is InChI=1S/C16H19NO6/c1-9(18)13-14(10-5-4-6-11(19)7-10)17(16(21)15(13)20)8-12(22-2)23-3/h4-7,12,14,19-20H,8H2,1-3H3. The van der Waals surface area contributed by atoms with Gasteiger partial charge >= 0.3 is 0 Å². The topological polar surface area (TPSA) is 96.3 Å². The van der Waals surface area contributed by atoms with Crippen LogP contribution < -0.4 is 0 Å². The predicted octanol–water partition coefficient (Wildman–Crippen LogP) is 1.30. The number of ketones is 1. The zero-order valence-electron chi connectivity index (χ0n) is 13.1. The molecule has 2 N–H and O–H groups in total. The van der Waals surface area contributed by atoms with E-state index < -0.39 is 29.8 Å². The molecular formula is C16H19NO6. The molecule has 124 valence electrons. The smallest absolute Gasteiger partial charge is 0.290 e. The van der Waals surface area contributed by atoms with Crippen LogP contribution in [0, 0.1) is 0 Å². The number of benzene rings is 1. The molecule has 7 heteroatoms. The zero-order valence-corrected chi connectivity index (χ0v) is 13.1. The van der Waals surface area contributed by atoms with Crippen LogP contribution >= 0.6 is 0 Å². The zero-order chi connectivity index (χ0) is 17.1. The number of phenols is 1. The van der Waals surface area contributed by atoms with Gasteiger partial charge in [0.25, 0.3) is 5.91 Å².